The predicted octanol–water partition coefficient (Wildman–Crippen LogP) is 0.990. The number of nitrogens with zero attached hydrogens (tertiary/aromatic N) is 1. The number of hydrogen-bond acceptors (Lipinski definition) is 4. The maximum absolute atomic E-state index is 10.4. The van der Waals surface area contributed by atoms with Gasteiger partial charge in [0.25, 0.3) is 5.69 Å². The molecule has 0 amide bonds. The Bertz CT molecular complexity index is 363. The Kier molecular flexibility index (Phi) is 2.66. The van der Waals surface area contributed by atoms with E-state index < -0.39 is 11.0 Å². The molecule has 80 valence electrons. The van der Waals surface area contributed by atoms with Crippen molar-refractivity contribution in [1.82, 2.24) is 5.32 Å². The molecule has 1 fully saturated rings. The van der Waals surface area contributed by atoms with E-state index in [-0.39, 0.29) is 11.7 Å². The Balaban J connectivity index is 2.19. The van der Waals surface area contributed by atoms with Gasteiger partial charge in [-0.2, -0.15) is 0 Å². The molecule has 5 heteroatoms. The van der Waals surface area contributed by atoms with Crippen LogP contribution in [0.5, 0.6) is 0 Å². The number of aliphatic hydroxyl groups is 1. The lowest BCUT2D eigenvalue weighted by Gasteiger charge is -2.14. The fraction of sp³-hybridized carbons (Fsp3) is 0.400. The van der Waals surface area contributed by atoms with Crippen molar-refractivity contribution in [1.29, 1.82) is 0 Å². The van der Waals surface area contributed by atoms with Crippen molar-refractivity contribution >= 4 is 5.69 Å². The average molecular weight is 208 g/mol. The highest BCUT2D eigenvalue weighted by molar-refractivity contribution is 5.34. The first-order valence-electron chi connectivity index (χ1n) is 4.84. The Hall–Kier alpha value is -1.46. The van der Waals surface area contributed by atoms with Crippen molar-refractivity contribution in [3.8, 4) is 0 Å². The molecule has 0 saturated carbocycles. The van der Waals surface area contributed by atoms with E-state index in [0.29, 0.717) is 0 Å². The SMILES string of the molecule is O=[N+]([O-])c1ccc([C@H]2NCC[C@@H]2O)cc1. The monoisotopic (exact) mass is 208 g/mol. The molecule has 5 nitrogen and oxygen atoms in total. The zero-order valence-corrected chi connectivity index (χ0v) is 8.09. The van der Waals surface area contributed by atoms with Crippen molar-refractivity contribution in [3.63, 3.8) is 0 Å². The Morgan fingerprint density at radius 2 is 2.07 bits per heavy atom. The lowest BCUT2D eigenvalue weighted by molar-refractivity contribution is -0.384. The minimum Gasteiger partial charge on any atom is -0.391 e. The van der Waals surface area contributed by atoms with Gasteiger partial charge in [0.1, 0.15) is 0 Å². The van der Waals surface area contributed by atoms with Crippen LogP contribution in [-0.2, 0) is 0 Å². The van der Waals surface area contributed by atoms with Crippen LogP contribution < -0.4 is 5.32 Å². The van der Waals surface area contributed by atoms with Crippen LogP contribution >= 0.6 is 0 Å². The molecule has 1 saturated heterocycles. The average Bonchev–Trinajstić information content (AvgIpc) is 2.65. The van der Waals surface area contributed by atoms with Gasteiger partial charge < -0.3 is 10.4 Å². The number of rotatable bonds is 2. The van der Waals surface area contributed by atoms with Crippen LogP contribution in [0.4, 0.5) is 5.69 Å². The first-order valence-corrected chi connectivity index (χ1v) is 4.84. The highest BCUT2D eigenvalue weighted by Crippen LogP contribution is 2.25. The lowest BCUT2D eigenvalue weighted by atomic mass is 10.0. The van der Waals surface area contributed by atoms with Crippen molar-refractivity contribution in [2.24, 2.45) is 0 Å². The minimum absolute atomic E-state index is 0.0752. The van der Waals surface area contributed by atoms with Gasteiger partial charge in [0.05, 0.1) is 17.1 Å². The summed E-state index contributed by atoms with van der Waals surface area (Å²) in [5.74, 6) is 0. The number of nitro benzene ring substituents is 1. The highest BCUT2D eigenvalue weighted by atomic mass is 16.6. The Morgan fingerprint density at radius 3 is 2.53 bits per heavy atom. The highest BCUT2D eigenvalue weighted by Gasteiger charge is 2.26. The van der Waals surface area contributed by atoms with Gasteiger partial charge in [0, 0.05) is 12.1 Å². The molecule has 0 radical (unpaired) electrons. The van der Waals surface area contributed by atoms with E-state index in [0.717, 1.165) is 18.5 Å². The van der Waals surface area contributed by atoms with Gasteiger partial charge in [-0.05, 0) is 18.5 Å². The molecule has 2 N–H and O–H groups in total. The number of hydrogen-bond donors (Lipinski definition) is 2. The fourth-order valence-corrected chi connectivity index (χ4v) is 1.83. The number of aliphatic hydroxyl groups excluding tert-OH is 1. The summed E-state index contributed by atoms with van der Waals surface area (Å²) in [7, 11) is 0. The lowest BCUT2D eigenvalue weighted by Crippen LogP contribution is -2.20. The van der Waals surface area contributed by atoms with Crippen LogP contribution in [0.2, 0.25) is 0 Å². The summed E-state index contributed by atoms with van der Waals surface area (Å²) >= 11 is 0. The van der Waals surface area contributed by atoms with Crippen LogP contribution in [0.15, 0.2) is 24.3 Å². The van der Waals surface area contributed by atoms with Crippen LogP contribution in [0.3, 0.4) is 0 Å². The van der Waals surface area contributed by atoms with Crippen LogP contribution in [0.25, 0.3) is 0 Å². The fourth-order valence-electron chi connectivity index (χ4n) is 1.83. The summed E-state index contributed by atoms with van der Waals surface area (Å²) in [5.41, 5.74) is 0.969. The topological polar surface area (TPSA) is 75.4 Å². The van der Waals surface area contributed by atoms with Crippen molar-refractivity contribution in [2.75, 3.05) is 6.54 Å². The third kappa shape index (κ3) is 1.98. The number of benzene rings is 1. The van der Waals surface area contributed by atoms with Gasteiger partial charge in [0.2, 0.25) is 0 Å². The van der Waals surface area contributed by atoms with Crippen LogP contribution in [0, 0.1) is 10.1 Å². The van der Waals surface area contributed by atoms with Gasteiger partial charge in [-0.1, -0.05) is 12.1 Å². The van der Waals surface area contributed by atoms with Crippen LogP contribution in [0.1, 0.15) is 18.0 Å². The molecule has 2 rings (SSSR count). The van der Waals surface area contributed by atoms with E-state index >= 15 is 0 Å². The maximum Gasteiger partial charge on any atom is 0.269 e. The van der Waals surface area contributed by atoms with E-state index in [2.05, 4.69) is 5.32 Å². The molecular weight excluding hydrogens is 196 g/mol. The molecule has 1 aromatic rings. The van der Waals surface area contributed by atoms with Crippen LogP contribution in [-0.4, -0.2) is 22.7 Å². The second kappa shape index (κ2) is 3.96. The van der Waals surface area contributed by atoms with Crippen molar-refractivity contribution in [3.05, 3.63) is 39.9 Å². The number of nitrogens with one attached hydrogen (secondary N) is 1. The van der Waals surface area contributed by atoms with E-state index in [1.54, 1.807) is 12.1 Å². The quantitative estimate of drug-likeness (QED) is 0.561. The third-order valence-electron chi connectivity index (χ3n) is 2.65. The first-order chi connectivity index (χ1) is 7.18. The molecule has 1 aliphatic rings. The van der Waals surface area contributed by atoms with Crippen molar-refractivity contribution < 1.29 is 10.0 Å². The zero-order valence-electron chi connectivity index (χ0n) is 8.09. The standard InChI is InChI=1S/C10H12N2O3/c13-9-5-6-11-10(9)7-1-3-8(4-2-7)12(14)15/h1-4,9-11,13H,5-6H2/t9-,10+/m0/s1. The van der Waals surface area contributed by atoms with Gasteiger partial charge in [-0.3, -0.25) is 10.1 Å². The molecule has 1 aromatic carbocycles. The molecular formula is C10H12N2O3. The molecule has 15 heavy (non-hydrogen) atoms. The van der Waals surface area contributed by atoms with Crippen molar-refractivity contribution in [2.45, 2.75) is 18.6 Å². The third-order valence-corrected chi connectivity index (χ3v) is 2.65. The summed E-state index contributed by atoms with van der Waals surface area (Å²) in [4.78, 5) is 10.0. The molecule has 1 aliphatic heterocycles. The zero-order chi connectivity index (χ0) is 10.8. The second-order valence-electron chi connectivity index (χ2n) is 3.64. The van der Waals surface area contributed by atoms with E-state index in [4.69, 9.17) is 0 Å². The Labute approximate surface area is 86.9 Å². The van der Waals surface area contributed by atoms with E-state index in [1.165, 1.54) is 12.1 Å². The summed E-state index contributed by atoms with van der Waals surface area (Å²) in [6.07, 6.45) is 0.327. The van der Waals surface area contributed by atoms with E-state index in [1.807, 2.05) is 0 Å². The first kappa shape index (κ1) is 10.1. The second-order valence-corrected chi connectivity index (χ2v) is 3.64. The molecule has 1 heterocycles. The molecule has 2 atom stereocenters. The predicted molar refractivity (Wildman–Crippen MR) is 54.5 cm³/mol. The molecule has 0 spiro atoms. The van der Waals surface area contributed by atoms with Gasteiger partial charge in [0.15, 0.2) is 0 Å². The minimum atomic E-state index is -0.428. The van der Waals surface area contributed by atoms with E-state index in [9.17, 15) is 15.2 Å². The number of nitro groups is 1. The Morgan fingerprint density at radius 1 is 1.40 bits per heavy atom. The molecule has 0 unspecified atom stereocenters. The summed E-state index contributed by atoms with van der Waals surface area (Å²) in [6, 6.07) is 6.20. The summed E-state index contributed by atoms with van der Waals surface area (Å²) in [5, 5.41) is 23.2. The largest absolute Gasteiger partial charge is 0.391 e. The summed E-state index contributed by atoms with van der Waals surface area (Å²) < 4.78 is 0. The smallest absolute Gasteiger partial charge is 0.269 e. The van der Waals surface area contributed by atoms with Gasteiger partial charge in [-0.15, -0.1) is 0 Å². The number of non-ortho nitro benzene ring substituents is 1. The summed E-state index contributed by atoms with van der Waals surface area (Å²) in [6.45, 7) is 0.781. The van der Waals surface area contributed by atoms with Gasteiger partial charge >= 0.3 is 0 Å². The molecule has 0 aliphatic carbocycles. The van der Waals surface area contributed by atoms with Gasteiger partial charge in [-0.25, -0.2) is 0 Å². The molecule has 0 aromatic heterocycles. The maximum atomic E-state index is 10.4. The normalized spacial score (nSPS) is 25.4. The molecule has 0 bridgehead atoms.